The van der Waals surface area contributed by atoms with E-state index < -0.39 is 0 Å². The van der Waals surface area contributed by atoms with E-state index in [4.69, 9.17) is 5.73 Å². The Morgan fingerprint density at radius 3 is 2.42 bits per heavy atom. The van der Waals surface area contributed by atoms with Crippen LogP contribution in [0.2, 0.25) is 0 Å². The average molecular weight is 362 g/mol. The predicted molar refractivity (Wildman–Crippen MR) is 86.4 cm³/mol. The quantitative estimate of drug-likeness (QED) is 0.685. The second-order valence-corrected chi connectivity index (χ2v) is 5.33. The van der Waals surface area contributed by atoms with Gasteiger partial charge < -0.3 is 11.1 Å². The van der Waals surface area contributed by atoms with Crippen LogP contribution >= 0.6 is 22.6 Å². The Balaban J connectivity index is 2.03. The van der Waals surface area contributed by atoms with Crippen molar-refractivity contribution < 1.29 is 0 Å². The molecule has 0 amide bonds. The average Bonchev–Trinajstić information content (AvgIpc) is 2.40. The second kappa shape index (κ2) is 5.00. The van der Waals surface area contributed by atoms with Crippen molar-refractivity contribution in [2.75, 3.05) is 11.1 Å². The van der Waals surface area contributed by atoms with Crippen molar-refractivity contribution in [3.8, 4) is 0 Å². The third-order valence-electron chi connectivity index (χ3n) is 2.68. The van der Waals surface area contributed by atoms with E-state index in [-0.39, 0.29) is 0 Å². The number of benzene rings is 2. The highest BCUT2D eigenvalue weighted by atomic mass is 127. The van der Waals surface area contributed by atoms with E-state index in [1.807, 2.05) is 48.5 Å². The summed E-state index contributed by atoms with van der Waals surface area (Å²) in [5, 5.41) is 3.20. The van der Waals surface area contributed by atoms with Gasteiger partial charge in [0.1, 0.15) is 0 Å². The van der Waals surface area contributed by atoms with Crippen LogP contribution in [0, 0.1) is 3.57 Å². The Labute approximate surface area is 124 Å². The van der Waals surface area contributed by atoms with Crippen molar-refractivity contribution in [1.29, 1.82) is 0 Å². The minimum Gasteiger partial charge on any atom is -0.381 e. The number of fused-ring (bicyclic) bond motifs is 1. The van der Waals surface area contributed by atoms with Crippen LogP contribution < -0.4 is 11.1 Å². The van der Waals surface area contributed by atoms with Gasteiger partial charge in [0.25, 0.3) is 0 Å². The van der Waals surface area contributed by atoms with Crippen LogP contribution in [-0.4, -0.2) is 9.97 Å². The van der Waals surface area contributed by atoms with Crippen LogP contribution in [0.3, 0.4) is 0 Å². The molecular formula is C14H11IN4. The van der Waals surface area contributed by atoms with Gasteiger partial charge in [-0.1, -0.05) is 18.2 Å². The lowest BCUT2D eigenvalue weighted by molar-refractivity contribution is 1.29. The molecule has 94 valence electrons. The predicted octanol–water partition coefficient (Wildman–Crippen LogP) is 3.56. The summed E-state index contributed by atoms with van der Waals surface area (Å²) in [7, 11) is 0. The monoisotopic (exact) mass is 362 g/mol. The fourth-order valence-electron chi connectivity index (χ4n) is 1.81. The number of hydrogen-bond acceptors (Lipinski definition) is 4. The highest BCUT2D eigenvalue weighted by Gasteiger charge is 2.06. The van der Waals surface area contributed by atoms with E-state index in [0.29, 0.717) is 11.6 Å². The highest BCUT2D eigenvalue weighted by molar-refractivity contribution is 14.1. The molecule has 0 saturated heterocycles. The molecular weight excluding hydrogens is 351 g/mol. The van der Waals surface area contributed by atoms with Crippen LogP contribution in [0.5, 0.6) is 0 Å². The van der Waals surface area contributed by atoms with E-state index >= 15 is 0 Å². The summed E-state index contributed by atoms with van der Waals surface area (Å²) in [6.45, 7) is 0. The molecule has 1 aromatic heterocycles. The first-order valence-electron chi connectivity index (χ1n) is 5.77. The topological polar surface area (TPSA) is 63.8 Å². The summed E-state index contributed by atoms with van der Waals surface area (Å²) >= 11 is 2.26. The Kier molecular flexibility index (Phi) is 3.20. The first-order chi connectivity index (χ1) is 9.22. The molecule has 3 N–H and O–H groups in total. The van der Waals surface area contributed by atoms with Crippen molar-refractivity contribution in [2.45, 2.75) is 0 Å². The summed E-state index contributed by atoms with van der Waals surface area (Å²) < 4.78 is 1.15. The fraction of sp³-hybridized carbons (Fsp3) is 0. The van der Waals surface area contributed by atoms with Crippen LogP contribution in [0.4, 0.5) is 17.3 Å². The van der Waals surface area contributed by atoms with Gasteiger partial charge in [-0.25, -0.2) is 9.97 Å². The van der Waals surface area contributed by atoms with Gasteiger partial charge in [-0.05, 0) is 52.9 Å². The van der Waals surface area contributed by atoms with Crippen LogP contribution in [0.15, 0.2) is 48.5 Å². The van der Waals surface area contributed by atoms with Gasteiger partial charge in [0.2, 0.25) is 0 Å². The van der Waals surface area contributed by atoms with Crippen LogP contribution in [0.25, 0.3) is 11.0 Å². The Bertz CT molecular complexity index is 742. The number of halogens is 1. The summed E-state index contributed by atoms with van der Waals surface area (Å²) in [5.74, 6) is 0.985. The van der Waals surface area contributed by atoms with E-state index in [1.165, 1.54) is 0 Å². The largest absolute Gasteiger partial charge is 0.381 e. The van der Waals surface area contributed by atoms with Crippen molar-refractivity contribution in [3.05, 3.63) is 52.1 Å². The number of nitrogen functional groups attached to an aromatic ring is 1. The molecule has 0 spiro atoms. The number of nitrogens with two attached hydrogens (primary N) is 1. The molecule has 2 aromatic carbocycles. The number of rotatable bonds is 2. The Morgan fingerprint density at radius 2 is 1.68 bits per heavy atom. The smallest absolute Gasteiger partial charge is 0.174 e. The van der Waals surface area contributed by atoms with Crippen molar-refractivity contribution >= 4 is 50.9 Å². The summed E-state index contributed by atoms with van der Waals surface area (Å²) in [6, 6.07) is 15.7. The minimum absolute atomic E-state index is 0.401. The molecule has 0 radical (unpaired) electrons. The molecule has 0 aliphatic heterocycles. The molecule has 0 aliphatic carbocycles. The van der Waals surface area contributed by atoms with Crippen LogP contribution in [-0.2, 0) is 0 Å². The number of nitrogens with zero attached hydrogens (tertiary/aromatic N) is 2. The Morgan fingerprint density at radius 1 is 0.947 bits per heavy atom. The number of para-hydroxylation sites is 2. The van der Waals surface area contributed by atoms with Crippen molar-refractivity contribution in [3.63, 3.8) is 0 Å². The normalized spacial score (nSPS) is 10.6. The zero-order chi connectivity index (χ0) is 13.2. The summed E-state index contributed by atoms with van der Waals surface area (Å²) in [4.78, 5) is 8.84. The van der Waals surface area contributed by atoms with Gasteiger partial charge >= 0.3 is 0 Å². The standard InChI is InChI=1S/C14H11IN4/c15-9-4-3-5-10(8-9)17-14-13(16)18-11-6-1-2-7-12(11)19-14/h1-8H,(H2,16,18)(H,17,19). The molecule has 0 bridgehead atoms. The molecule has 3 aromatic rings. The number of aromatic nitrogens is 2. The minimum atomic E-state index is 0.401. The fourth-order valence-corrected chi connectivity index (χ4v) is 2.35. The molecule has 0 fully saturated rings. The van der Waals surface area contributed by atoms with Gasteiger partial charge in [0.15, 0.2) is 11.6 Å². The Hall–Kier alpha value is -1.89. The maximum absolute atomic E-state index is 5.93. The molecule has 4 nitrogen and oxygen atoms in total. The number of hydrogen-bond donors (Lipinski definition) is 2. The second-order valence-electron chi connectivity index (χ2n) is 4.08. The molecule has 0 saturated carbocycles. The lowest BCUT2D eigenvalue weighted by Gasteiger charge is -2.09. The highest BCUT2D eigenvalue weighted by Crippen LogP contribution is 2.23. The van der Waals surface area contributed by atoms with Gasteiger partial charge in [-0.3, -0.25) is 0 Å². The third kappa shape index (κ3) is 2.60. The van der Waals surface area contributed by atoms with Gasteiger partial charge in [0.05, 0.1) is 11.0 Å². The molecule has 1 heterocycles. The van der Waals surface area contributed by atoms with Gasteiger partial charge in [-0.15, -0.1) is 0 Å². The lowest BCUT2D eigenvalue weighted by atomic mass is 10.3. The summed E-state index contributed by atoms with van der Waals surface area (Å²) in [6.07, 6.45) is 0. The number of nitrogens with one attached hydrogen (secondary N) is 1. The summed E-state index contributed by atoms with van der Waals surface area (Å²) in [5.41, 5.74) is 8.51. The molecule has 5 heteroatoms. The van der Waals surface area contributed by atoms with Crippen LogP contribution in [0.1, 0.15) is 0 Å². The number of anilines is 3. The maximum Gasteiger partial charge on any atom is 0.174 e. The molecule has 3 rings (SSSR count). The molecule has 0 aliphatic rings. The van der Waals surface area contributed by atoms with Crippen molar-refractivity contribution in [1.82, 2.24) is 9.97 Å². The van der Waals surface area contributed by atoms with Gasteiger partial charge in [-0.2, -0.15) is 0 Å². The molecule has 0 unspecified atom stereocenters. The van der Waals surface area contributed by atoms with Gasteiger partial charge in [0, 0.05) is 9.26 Å². The lowest BCUT2D eigenvalue weighted by Crippen LogP contribution is -2.02. The first-order valence-corrected chi connectivity index (χ1v) is 6.85. The first kappa shape index (κ1) is 12.2. The SMILES string of the molecule is Nc1nc2ccccc2nc1Nc1cccc(I)c1. The van der Waals surface area contributed by atoms with E-state index in [9.17, 15) is 0 Å². The zero-order valence-electron chi connectivity index (χ0n) is 9.97. The molecule has 0 atom stereocenters. The van der Waals surface area contributed by atoms with E-state index in [1.54, 1.807) is 0 Å². The molecule has 19 heavy (non-hydrogen) atoms. The zero-order valence-corrected chi connectivity index (χ0v) is 12.1. The van der Waals surface area contributed by atoms with E-state index in [2.05, 4.69) is 37.9 Å². The van der Waals surface area contributed by atoms with E-state index in [0.717, 1.165) is 20.3 Å². The maximum atomic E-state index is 5.93. The van der Waals surface area contributed by atoms with Crippen molar-refractivity contribution in [2.24, 2.45) is 0 Å². The third-order valence-corrected chi connectivity index (χ3v) is 3.36.